The number of likely N-dealkylation sites (tertiary alicyclic amines) is 2. The summed E-state index contributed by atoms with van der Waals surface area (Å²) in [6, 6.07) is 12.7. The van der Waals surface area contributed by atoms with Gasteiger partial charge in [0.05, 0.1) is 5.56 Å². The van der Waals surface area contributed by atoms with Crippen molar-refractivity contribution in [3.05, 3.63) is 71.2 Å². The quantitative estimate of drug-likeness (QED) is 0.654. The average Bonchev–Trinajstić information content (AvgIpc) is 3.43. The summed E-state index contributed by atoms with van der Waals surface area (Å²) in [5.74, 6) is -0.845. The van der Waals surface area contributed by atoms with Crippen LogP contribution in [0.25, 0.3) is 10.9 Å². The zero-order valence-electron chi connectivity index (χ0n) is 16.3. The molecule has 2 fully saturated rings. The molecule has 2 atom stereocenters. The minimum absolute atomic E-state index is 0.0281. The predicted molar refractivity (Wildman–Crippen MR) is 108 cm³/mol. The Balaban J connectivity index is 1.34. The predicted octanol–water partition coefficient (Wildman–Crippen LogP) is 4.12. The van der Waals surface area contributed by atoms with Gasteiger partial charge in [0.25, 0.3) is 12.5 Å². The second kappa shape index (κ2) is 7.47. The molecule has 2 aliphatic heterocycles. The molecular formula is C23H22F3N3O. The maximum Gasteiger partial charge on any atom is 0.294 e. The highest BCUT2D eigenvalue weighted by atomic mass is 19.3. The lowest BCUT2D eigenvalue weighted by Gasteiger charge is -2.21. The summed E-state index contributed by atoms with van der Waals surface area (Å²) in [5, 5.41) is 1.10. The number of aromatic amines is 1. The molecule has 2 aliphatic rings. The number of nitrogens with one attached hydrogen (secondary N) is 1. The van der Waals surface area contributed by atoms with E-state index < -0.39 is 12.4 Å². The molecule has 0 saturated carbocycles. The molecule has 1 amide bonds. The molecule has 2 unspecified atom stereocenters. The van der Waals surface area contributed by atoms with E-state index >= 15 is 0 Å². The van der Waals surface area contributed by atoms with Gasteiger partial charge in [-0.15, -0.1) is 0 Å². The van der Waals surface area contributed by atoms with Crippen LogP contribution in [0.4, 0.5) is 13.2 Å². The van der Waals surface area contributed by atoms with Gasteiger partial charge in [-0.2, -0.15) is 8.78 Å². The van der Waals surface area contributed by atoms with E-state index in [1.807, 2.05) is 30.5 Å². The zero-order chi connectivity index (χ0) is 20.8. The standard InChI is InChI=1S/C23H22F3N3O/c24-20-5-4-14(8-15-2-1-3-21-18(15)6-7-27-21)9-19(20)22(30)28-10-16-12-29(23(25)26)13-17(16)11-28/h1-7,9,16-17,23,27H,8,10-13H2. The Hall–Kier alpha value is -2.80. The molecule has 0 spiro atoms. The van der Waals surface area contributed by atoms with E-state index in [9.17, 15) is 18.0 Å². The number of fused-ring (bicyclic) bond motifs is 2. The first-order valence-corrected chi connectivity index (χ1v) is 10.1. The summed E-state index contributed by atoms with van der Waals surface area (Å²) >= 11 is 0. The number of carbonyl (C=O) groups excluding carboxylic acids is 1. The van der Waals surface area contributed by atoms with Gasteiger partial charge in [0, 0.05) is 43.3 Å². The molecule has 1 N–H and O–H groups in total. The van der Waals surface area contributed by atoms with Crippen LogP contribution in [-0.2, 0) is 6.42 Å². The molecule has 1 aromatic heterocycles. The molecule has 3 heterocycles. The lowest BCUT2D eigenvalue weighted by molar-refractivity contribution is -0.0172. The summed E-state index contributed by atoms with van der Waals surface area (Å²) < 4.78 is 40.3. The van der Waals surface area contributed by atoms with E-state index in [0.29, 0.717) is 19.5 Å². The number of amides is 1. The first kappa shape index (κ1) is 19.2. The number of rotatable bonds is 4. The van der Waals surface area contributed by atoms with Crippen molar-refractivity contribution in [2.75, 3.05) is 26.2 Å². The fourth-order valence-corrected chi connectivity index (χ4v) is 4.90. The van der Waals surface area contributed by atoms with Gasteiger partial charge >= 0.3 is 0 Å². The monoisotopic (exact) mass is 413 g/mol. The smallest absolute Gasteiger partial charge is 0.294 e. The molecule has 30 heavy (non-hydrogen) atoms. The lowest BCUT2D eigenvalue weighted by atomic mass is 9.99. The van der Waals surface area contributed by atoms with Gasteiger partial charge in [-0.1, -0.05) is 18.2 Å². The van der Waals surface area contributed by atoms with E-state index in [1.165, 1.54) is 6.07 Å². The minimum Gasteiger partial charge on any atom is -0.361 e. The minimum atomic E-state index is -2.46. The summed E-state index contributed by atoms with van der Waals surface area (Å²) in [7, 11) is 0. The van der Waals surface area contributed by atoms with Gasteiger partial charge in [-0.3, -0.25) is 4.79 Å². The number of carbonyl (C=O) groups is 1. The Bertz CT molecular complexity index is 1080. The van der Waals surface area contributed by atoms with E-state index in [2.05, 4.69) is 4.98 Å². The Morgan fingerprint density at radius 3 is 2.57 bits per heavy atom. The summed E-state index contributed by atoms with van der Waals surface area (Å²) in [5.41, 5.74) is 3.05. The second-order valence-corrected chi connectivity index (χ2v) is 8.31. The largest absolute Gasteiger partial charge is 0.361 e. The molecule has 5 rings (SSSR count). The molecule has 2 aromatic carbocycles. The van der Waals surface area contributed by atoms with E-state index in [-0.39, 0.29) is 36.4 Å². The van der Waals surface area contributed by atoms with Crippen molar-refractivity contribution in [2.24, 2.45) is 11.8 Å². The number of hydrogen-bond donors (Lipinski definition) is 1. The van der Waals surface area contributed by atoms with Crippen molar-refractivity contribution < 1.29 is 18.0 Å². The summed E-state index contributed by atoms with van der Waals surface area (Å²) in [4.78, 5) is 19.0. The fourth-order valence-electron chi connectivity index (χ4n) is 4.90. The molecular weight excluding hydrogens is 391 g/mol. The second-order valence-electron chi connectivity index (χ2n) is 8.31. The Morgan fingerprint density at radius 2 is 1.83 bits per heavy atom. The number of hydrogen-bond acceptors (Lipinski definition) is 2. The number of H-pyrrole nitrogens is 1. The van der Waals surface area contributed by atoms with Crippen LogP contribution in [0, 0.1) is 17.7 Å². The van der Waals surface area contributed by atoms with Crippen molar-refractivity contribution in [1.82, 2.24) is 14.8 Å². The van der Waals surface area contributed by atoms with Crippen LogP contribution in [-0.4, -0.2) is 53.4 Å². The van der Waals surface area contributed by atoms with Gasteiger partial charge in [0.2, 0.25) is 0 Å². The molecule has 0 bridgehead atoms. The number of nitrogens with zero attached hydrogens (tertiary/aromatic N) is 2. The molecule has 3 aromatic rings. The lowest BCUT2D eigenvalue weighted by Crippen LogP contribution is -2.35. The molecule has 156 valence electrons. The number of halogens is 3. The normalized spacial score (nSPS) is 21.7. The first-order chi connectivity index (χ1) is 14.5. The highest BCUT2D eigenvalue weighted by Gasteiger charge is 2.44. The third-order valence-corrected chi connectivity index (χ3v) is 6.42. The SMILES string of the molecule is O=C(c1cc(Cc2cccc3[nH]ccc23)ccc1F)N1CC2CN(C(F)F)CC2C1. The number of alkyl halides is 2. The van der Waals surface area contributed by atoms with Gasteiger partial charge in [0.1, 0.15) is 5.82 Å². The summed E-state index contributed by atoms with van der Waals surface area (Å²) in [6.07, 6.45) is 2.47. The number of aromatic nitrogens is 1. The van der Waals surface area contributed by atoms with Crippen LogP contribution in [0.5, 0.6) is 0 Å². The maximum absolute atomic E-state index is 14.5. The van der Waals surface area contributed by atoms with Crippen LogP contribution in [0.15, 0.2) is 48.7 Å². The average molecular weight is 413 g/mol. The van der Waals surface area contributed by atoms with Crippen molar-refractivity contribution >= 4 is 16.8 Å². The zero-order valence-corrected chi connectivity index (χ0v) is 16.3. The molecule has 0 aliphatic carbocycles. The van der Waals surface area contributed by atoms with Crippen LogP contribution < -0.4 is 0 Å². The van der Waals surface area contributed by atoms with Crippen molar-refractivity contribution in [3.63, 3.8) is 0 Å². The van der Waals surface area contributed by atoms with Gasteiger partial charge < -0.3 is 9.88 Å². The first-order valence-electron chi connectivity index (χ1n) is 10.1. The fraction of sp³-hybridized carbons (Fsp3) is 0.348. The van der Waals surface area contributed by atoms with Gasteiger partial charge in [-0.05, 0) is 53.6 Å². The molecule has 0 radical (unpaired) electrons. The van der Waals surface area contributed by atoms with Crippen LogP contribution >= 0.6 is 0 Å². The highest BCUT2D eigenvalue weighted by Crippen LogP contribution is 2.33. The number of benzene rings is 2. The third-order valence-electron chi connectivity index (χ3n) is 6.42. The molecule has 7 heteroatoms. The van der Waals surface area contributed by atoms with Crippen molar-refractivity contribution in [1.29, 1.82) is 0 Å². The molecule has 4 nitrogen and oxygen atoms in total. The summed E-state index contributed by atoms with van der Waals surface area (Å²) in [6.45, 7) is -1.08. The van der Waals surface area contributed by atoms with E-state index in [1.54, 1.807) is 17.0 Å². The topological polar surface area (TPSA) is 39.3 Å². The molecule has 2 saturated heterocycles. The van der Waals surface area contributed by atoms with E-state index in [0.717, 1.165) is 26.9 Å². The Morgan fingerprint density at radius 1 is 1.07 bits per heavy atom. The Kier molecular flexibility index (Phi) is 4.77. The van der Waals surface area contributed by atoms with Crippen molar-refractivity contribution in [2.45, 2.75) is 13.0 Å². The third kappa shape index (κ3) is 3.37. The maximum atomic E-state index is 14.5. The van der Waals surface area contributed by atoms with Crippen LogP contribution in [0.1, 0.15) is 21.5 Å². The van der Waals surface area contributed by atoms with Crippen molar-refractivity contribution in [3.8, 4) is 0 Å². The van der Waals surface area contributed by atoms with Crippen LogP contribution in [0.2, 0.25) is 0 Å². The van der Waals surface area contributed by atoms with Crippen LogP contribution in [0.3, 0.4) is 0 Å². The van der Waals surface area contributed by atoms with E-state index in [4.69, 9.17) is 0 Å². The van der Waals surface area contributed by atoms with Gasteiger partial charge in [0.15, 0.2) is 0 Å². The Labute approximate surface area is 172 Å². The van der Waals surface area contributed by atoms with Gasteiger partial charge in [-0.25, -0.2) is 9.29 Å². The highest BCUT2D eigenvalue weighted by molar-refractivity contribution is 5.95.